The second-order valence-corrected chi connectivity index (χ2v) is 5.66. The molecule has 0 N–H and O–H groups in total. The van der Waals surface area contributed by atoms with E-state index in [1.807, 2.05) is 67.6 Å². The Morgan fingerprint density at radius 1 is 1.00 bits per heavy atom. The van der Waals surface area contributed by atoms with Gasteiger partial charge in [0.05, 0.1) is 0 Å². The number of hydrogen-bond acceptors (Lipinski definition) is 2. The average Bonchev–Trinajstić information content (AvgIpc) is 2.98. The Balaban J connectivity index is 1.68. The number of benzene rings is 2. The highest BCUT2D eigenvalue weighted by molar-refractivity contribution is 6.00. The molecule has 2 aromatic rings. The first-order valence-corrected chi connectivity index (χ1v) is 8.17. The van der Waals surface area contributed by atoms with E-state index in [0.29, 0.717) is 19.6 Å². The standard InChI is InChI=1S/C19H21N3O2/c1-2-21(16-9-5-3-6-10-16)18(23)15-20-13-14-22(19(20)24)17-11-7-4-8-12-17/h3-12H,2,13-15H2,1H3. The van der Waals surface area contributed by atoms with Gasteiger partial charge in [-0.05, 0) is 31.2 Å². The van der Waals surface area contributed by atoms with Crippen LogP contribution in [0.25, 0.3) is 0 Å². The summed E-state index contributed by atoms with van der Waals surface area (Å²) < 4.78 is 0. The second-order valence-electron chi connectivity index (χ2n) is 5.66. The zero-order valence-electron chi connectivity index (χ0n) is 13.8. The summed E-state index contributed by atoms with van der Waals surface area (Å²) in [5, 5.41) is 0. The largest absolute Gasteiger partial charge is 0.325 e. The van der Waals surface area contributed by atoms with Gasteiger partial charge in [0.15, 0.2) is 0 Å². The van der Waals surface area contributed by atoms with Gasteiger partial charge in [-0.3, -0.25) is 9.69 Å². The minimum absolute atomic E-state index is 0.0630. The summed E-state index contributed by atoms with van der Waals surface area (Å²) in [7, 11) is 0. The number of carbonyl (C=O) groups is 2. The number of nitrogens with zero attached hydrogens (tertiary/aromatic N) is 3. The fourth-order valence-electron chi connectivity index (χ4n) is 2.94. The maximum atomic E-state index is 12.6. The van der Waals surface area contributed by atoms with Crippen molar-refractivity contribution in [3.8, 4) is 0 Å². The van der Waals surface area contributed by atoms with Crippen LogP contribution >= 0.6 is 0 Å². The Labute approximate surface area is 142 Å². The predicted octanol–water partition coefficient (Wildman–Crippen LogP) is 2.98. The van der Waals surface area contributed by atoms with Gasteiger partial charge in [-0.25, -0.2) is 4.79 Å². The van der Waals surface area contributed by atoms with Crippen molar-refractivity contribution in [3.05, 3.63) is 60.7 Å². The zero-order chi connectivity index (χ0) is 16.9. The number of hydrogen-bond donors (Lipinski definition) is 0. The van der Waals surface area contributed by atoms with Gasteiger partial charge in [-0.2, -0.15) is 0 Å². The molecule has 5 heteroatoms. The third kappa shape index (κ3) is 3.25. The van der Waals surface area contributed by atoms with Gasteiger partial charge in [-0.15, -0.1) is 0 Å². The van der Waals surface area contributed by atoms with Gasteiger partial charge in [0.25, 0.3) is 0 Å². The van der Waals surface area contributed by atoms with Crippen molar-refractivity contribution in [2.75, 3.05) is 36.0 Å². The van der Waals surface area contributed by atoms with E-state index in [-0.39, 0.29) is 18.5 Å². The smallest absolute Gasteiger partial charge is 0.313 e. The summed E-state index contributed by atoms with van der Waals surface area (Å²) in [5.41, 5.74) is 1.73. The third-order valence-corrected chi connectivity index (χ3v) is 4.17. The van der Waals surface area contributed by atoms with Crippen LogP contribution in [-0.2, 0) is 4.79 Å². The van der Waals surface area contributed by atoms with E-state index in [2.05, 4.69) is 0 Å². The molecule has 5 nitrogen and oxygen atoms in total. The topological polar surface area (TPSA) is 43.9 Å². The Hall–Kier alpha value is -2.82. The van der Waals surface area contributed by atoms with Crippen molar-refractivity contribution >= 4 is 23.3 Å². The molecule has 3 rings (SSSR count). The highest BCUT2D eigenvalue weighted by Gasteiger charge is 2.31. The molecule has 1 aliphatic heterocycles. The van der Waals surface area contributed by atoms with E-state index in [9.17, 15) is 9.59 Å². The van der Waals surface area contributed by atoms with E-state index < -0.39 is 0 Å². The molecule has 0 radical (unpaired) electrons. The van der Waals surface area contributed by atoms with Gasteiger partial charge in [0.2, 0.25) is 5.91 Å². The lowest BCUT2D eigenvalue weighted by Crippen LogP contribution is -2.42. The minimum atomic E-state index is -0.112. The van der Waals surface area contributed by atoms with Crippen LogP contribution in [0.4, 0.5) is 16.2 Å². The van der Waals surface area contributed by atoms with Gasteiger partial charge in [0, 0.05) is 31.0 Å². The molecule has 0 aliphatic carbocycles. The Morgan fingerprint density at radius 2 is 1.62 bits per heavy atom. The fraction of sp³-hybridized carbons (Fsp3) is 0.263. The quantitative estimate of drug-likeness (QED) is 0.849. The third-order valence-electron chi connectivity index (χ3n) is 4.17. The molecule has 2 aromatic carbocycles. The fourth-order valence-corrected chi connectivity index (χ4v) is 2.94. The number of anilines is 2. The van der Waals surface area contributed by atoms with Crippen molar-refractivity contribution in [2.24, 2.45) is 0 Å². The number of amides is 3. The molecule has 24 heavy (non-hydrogen) atoms. The lowest BCUT2D eigenvalue weighted by molar-refractivity contribution is -0.119. The number of likely N-dealkylation sites (N-methyl/N-ethyl adjacent to an activating group) is 1. The van der Waals surface area contributed by atoms with Crippen molar-refractivity contribution in [1.29, 1.82) is 0 Å². The first kappa shape index (κ1) is 16.1. The molecule has 3 amide bonds. The first-order chi connectivity index (χ1) is 11.7. The van der Waals surface area contributed by atoms with Crippen LogP contribution in [0, 0.1) is 0 Å². The van der Waals surface area contributed by atoms with E-state index in [1.54, 1.807) is 14.7 Å². The molecule has 0 aromatic heterocycles. The number of urea groups is 1. The van der Waals surface area contributed by atoms with Gasteiger partial charge >= 0.3 is 6.03 Å². The molecule has 124 valence electrons. The SMILES string of the molecule is CCN(C(=O)CN1CCN(c2ccccc2)C1=O)c1ccccc1. The number of carbonyl (C=O) groups excluding carboxylic acids is 2. The van der Waals surface area contributed by atoms with Crippen LogP contribution in [0.15, 0.2) is 60.7 Å². The molecule has 1 saturated heterocycles. The molecular formula is C19H21N3O2. The Kier molecular flexibility index (Phi) is 4.79. The van der Waals surface area contributed by atoms with E-state index in [0.717, 1.165) is 11.4 Å². The van der Waals surface area contributed by atoms with E-state index in [1.165, 1.54) is 0 Å². The van der Waals surface area contributed by atoms with Crippen molar-refractivity contribution in [2.45, 2.75) is 6.92 Å². The maximum Gasteiger partial charge on any atom is 0.325 e. The van der Waals surface area contributed by atoms with Crippen LogP contribution in [-0.4, -0.2) is 43.0 Å². The molecule has 0 unspecified atom stereocenters. The molecular weight excluding hydrogens is 302 g/mol. The van der Waals surface area contributed by atoms with Gasteiger partial charge < -0.3 is 9.80 Å². The van der Waals surface area contributed by atoms with Crippen molar-refractivity contribution < 1.29 is 9.59 Å². The Morgan fingerprint density at radius 3 is 2.25 bits per heavy atom. The summed E-state index contributed by atoms with van der Waals surface area (Å²) in [5.74, 6) is -0.0630. The summed E-state index contributed by atoms with van der Waals surface area (Å²) in [6.07, 6.45) is 0. The van der Waals surface area contributed by atoms with Crippen molar-refractivity contribution in [3.63, 3.8) is 0 Å². The summed E-state index contributed by atoms with van der Waals surface area (Å²) in [4.78, 5) is 30.2. The lowest BCUT2D eigenvalue weighted by atomic mass is 10.3. The lowest BCUT2D eigenvalue weighted by Gasteiger charge is -2.24. The normalized spacial score (nSPS) is 14.1. The highest BCUT2D eigenvalue weighted by Crippen LogP contribution is 2.20. The molecule has 1 aliphatic rings. The maximum absolute atomic E-state index is 12.6. The Bertz CT molecular complexity index is 703. The van der Waals surface area contributed by atoms with Crippen LogP contribution < -0.4 is 9.80 Å². The number of para-hydroxylation sites is 2. The molecule has 0 atom stereocenters. The average molecular weight is 323 g/mol. The second kappa shape index (κ2) is 7.17. The summed E-state index contributed by atoms with van der Waals surface area (Å²) >= 11 is 0. The predicted molar refractivity (Wildman–Crippen MR) is 95.2 cm³/mol. The van der Waals surface area contributed by atoms with Crippen LogP contribution in [0.3, 0.4) is 0 Å². The summed E-state index contributed by atoms with van der Waals surface area (Å²) in [6, 6.07) is 19.0. The first-order valence-electron chi connectivity index (χ1n) is 8.17. The molecule has 1 fully saturated rings. The van der Waals surface area contributed by atoms with Crippen LogP contribution in [0.2, 0.25) is 0 Å². The van der Waals surface area contributed by atoms with Gasteiger partial charge in [-0.1, -0.05) is 36.4 Å². The monoisotopic (exact) mass is 323 g/mol. The van der Waals surface area contributed by atoms with Crippen LogP contribution in [0.1, 0.15) is 6.92 Å². The molecule has 0 spiro atoms. The van der Waals surface area contributed by atoms with Crippen LogP contribution in [0.5, 0.6) is 0 Å². The molecule has 1 heterocycles. The van der Waals surface area contributed by atoms with Gasteiger partial charge in [0.1, 0.15) is 6.54 Å². The molecule has 0 saturated carbocycles. The summed E-state index contributed by atoms with van der Waals surface area (Å²) in [6.45, 7) is 3.78. The highest BCUT2D eigenvalue weighted by atomic mass is 16.2. The van der Waals surface area contributed by atoms with E-state index in [4.69, 9.17) is 0 Å². The number of rotatable bonds is 5. The van der Waals surface area contributed by atoms with Crippen molar-refractivity contribution in [1.82, 2.24) is 4.90 Å². The van der Waals surface area contributed by atoms with E-state index >= 15 is 0 Å². The zero-order valence-corrected chi connectivity index (χ0v) is 13.8. The molecule has 0 bridgehead atoms. The minimum Gasteiger partial charge on any atom is -0.313 e.